The summed E-state index contributed by atoms with van der Waals surface area (Å²) in [6.45, 7) is 8.75. The van der Waals surface area contributed by atoms with Crippen LogP contribution in [0.2, 0.25) is 0 Å². The van der Waals surface area contributed by atoms with Crippen LogP contribution in [-0.4, -0.2) is 21.8 Å². The minimum Gasteiger partial charge on any atom is -0.331 e. The van der Waals surface area contributed by atoms with Crippen LogP contribution in [0.3, 0.4) is 0 Å². The van der Waals surface area contributed by atoms with E-state index in [0.29, 0.717) is 12.5 Å². The summed E-state index contributed by atoms with van der Waals surface area (Å²) in [4.78, 5) is 19.4. The molecule has 26 heavy (non-hydrogen) atoms. The highest BCUT2D eigenvalue weighted by molar-refractivity contribution is 5.77. The van der Waals surface area contributed by atoms with Gasteiger partial charge in [0.25, 0.3) is 0 Å². The molecule has 138 valence electrons. The fourth-order valence-corrected chi connectivity index (χ4v) is 3.41. The highest BCUT2D eigenvalue weighted by Gasteiger charge is 2.36. The lowest BCUT2D eigenvalue weighted by molar-refractivity contribution is -0.134. The molecule has 0 spiro atoms. The molecule has 1 heterocycles. The SMILES string of the molecule is CC(c1ccccn1)N(C(=O)CCc1ccc(C(C)(C)C)cc1)C1CC1. The van der Waals surface area contributed by atoms with E-state index in [2.05, 4.69) is 61.8 Å². The predicted molar refractivity (Wildman–Crippen MR) is 106 cm³/mol. The van der Waals surface area contributed by atoms with Crippen LogP contribution in [0.25, 0.3) is 0 Å². The highest BCUT2D eigenvalue weighted by Crippen LogP contribution is 2.34. The van der Waals surface area contributed by atoms with E-state index in [1.54, 1.807) is 6.20 Å². The number of amides is 1. The van der Waals surface area contributed by atoms with Crippen molar-refractivity contribution >= 4 is 5.91 Å². The third-order valence-corrected chi connectivity index (χ3v) is 5.21. The number of benzene rings is 1. The topological polar surface area (TPSA) is 33.2 Å². The summed E-state index contributed by atoms with van der Waals surface area (Å²) in [5.74, 6) is 0.241. The molecule has 0 N–H and O–H groups in total. The molecule has 1 aliphatic rings. The van der Waals surface area contributed by atoms with Gasteiger partial charge in [-0.1, -0.05) is 51.1 Å². The number of rotatable bonds is 6. The van der Waals surface area contributed by atoms with E-state index < -0.39 is 0 Å². The number of pyridine rings is 1. The van der Waals surface area contributed by atoms with Crippen molar-refractivity contribution in [2.45, 2.75) is 70.9 Å². The van der Waals surface area contributed by atoms with Gasteiger partial charge in [-0.3, -0.25) is 9.78 Å². The van der Waals surface area contributed by atoms with Crippen LogP contribution >= 0.6 is 0 Å². The first-order chi connectivity index (χ1) is 12.4. The summed E-state index contributed by atoms with van der Waals surface area (Å²) in [5, 5.41) is 0. The second kappa shape index (κ2) is 7.61. The number of hydrogen-bond donors (Lipinski definition) is 0. The Kier molecular flexibility index (Phi) is 5.45. The Balaban J connectivity index is 1.64. The van der Waals surface area contributed by atoms with Crippen LogP contribution in [-0.2, 0) is 16.6 Å². The van der Waals surface area contributed by atoms with Gasteiger partial charge in [0.15, 0.2) is 0 Å². The van der Waals surface area contributed by atoms with E-state index in [1.165, 1.54) is 11.1 Å². The third-order valence-electron chi connectivity index (χ3n) is 5.21. The molecular formula is C23H30N2O. The second-order valence-corrected chi connectivity index (χ2v) is 8.41. The van der Waals surface area contributed by atoms with E-state index in [-0.39, 0.29) is 17.4 Å². The second-order valence-electron chi connectivity index (χ2n) is 8.41. The third kappa shape index (κ3) is 4.51. The monoisotopic (exact) mass is 350 g/mol. The van der Waals surface area contributed by atoms with Crippen LogP contribution in [0.4, 0.5) is 0 Å². The molecule has 1 amide bonds. The molecule has 0 bridgehead atoms. The molecule has 2 aromatic rings. The molecule has 1 fully saturated rings. The van der Waals surface area contributed by atoms with Crippen molar-refractivity contribution in [3.63, 3.8) is 0 Å². The lowest BCUT2D eigenvalue weighted by Gasteiger charge is -2.29. The van der Waals surface area contributed by atoms with E-state index in [9.17, 15) is 4.79 Å². The van der Waals surface area contributed by atoms with E-state index >= 15 is 0 Å². The Morgan fingerprint density at radius 2 is 1.85 bits per heavy atom. The summed E-state index contributed by atoms with van der Waals surface area (Å²) in [6.07, 6.45) is 5.38. The van der Waals surface area contributed by atoms with Crippen LogP contribution in [0, 0.1) is 0 Å². The first-order valence-electron chi connectivity index (χ1n) is 9.68. The van der Waals surface area contributed by atoms with Crippen LogP contribution in [0.5, 0.6) is 0 Å². The fraction of sp³-hybridized carbons (Fsp3) is 0.478. The number of hydrogen-bond acceptors (Lipinski definition) is 2. The number of aryl methyl sites for hydroxylation is 1. The van der Waals surface area contributed by atoms with Crippen molar-refractivity contribution in [2.24, 2.45) is 0 Å². The average molecular weight is 351 g/mol. The maximum Gasteiger partial charge on any atom is 0.223 e. The summed E-state index contributed by atoms with van der Waals surface area (Å²) in [6, 6.07) is 15.1. The van der Waals surface area contributed by atoms with Gasteiger partial charge in [-0.25, -0.2) is 0 Å². The van der Waals surface area contributed by atoms with Crippen molar-refractivity contribution in [1.29, 1.82) is 0 Å². The van der Waals surface area contributed by atoms with Gasteiger partial charge in [0.05, 0.1) is 11.7 Å². The van der Waals surface area contributed by atoms with Gasteiger partial charge in [-0.15, -0.1) is 0 Å². The maximum atomic E-state index is 12.9. The zero-order chi connectivity index (χ0) is 18.7. The number of aromatic nitrogens is 1. The smallest absolute Gasteiger partial charge is 0.223 e. The Hall–Kier alpha value is -2.16. The van der Waals surface area contributed by atoms with Crippen molar-refractivity contribution in [3.8, 4) is 0 Å². The Labute approximate surface area is 157 Å². The minimum absolute atomic E-state index is 0.0412. The maximum absolute atomic E-state index is 12.9. The number of carbonyl (C=O) groups is 1. The lowest BCUT2D eigenvalue weighted by atomic mass is 9.86. The van der Waals surface area contributed by atoms with Crippen LogP contribution in [0.15, 0.2) is 48.7 Å². The molecule has 3 heteroatoms. The summed E-state index contributed by atoms with van der Waals surface area (Å²) < 4.78 is 0. The Morgan fingerprint density at radius 1 is 1.15 bits per heavy atom. The van der Waals surface area contributed by atoms with Crippen molar-refractivity contribution in [3.05, 3.63) is 65.5 Å². The minimum atomic E-state index is 0.0412. The molecule has 1 unspecified atom stereocenters. The van der Waals surface area contributed by atoms with Gasteiger partial charge in [0.2, 0.25) is 5.91 Å². The average Bonchev–Trinajstić information content (AvgIpc) is 3.45. The van der Waals surface area contributed by atoms with E-state index in [1.807, 2.05) is 18.2 Å². The first-order valence-corrected chi connectivity index (χ1v) is 9.68. The highest BCUT2D eigenvalue weighted by atomic mass is 16.2. The van der Waals surface area contributed by atoms with Gasteiger partial charge in [0.1, 0.15) is 0 Å². The van der Waals surface area contributed by atoms with Crippen LogP contribution in [0.1, 0.15) is 69.8 Å². The van der Waals surface area contributed by atoms with E-state index in [4.69, 9.17) is 0 Å². The molecule has 1 atom stereocenters. The molecule has 1 saturated carbocycles. The summed E-state index contributed by atoms with van der Waals surface area (Å²) >= 11 is 0. The standard InChI is InChI=1S/C23H30N2O/c1-17(21-7-5-6-16-24-21)25(20-13-14-20)22(26)15-10-18-8-11-19(12-9-18)23(2,3)4/h5-9,11-12,16-17,20H,10,13-15H2,1-4H3. The largest absolute Gasteiger partial charge is 0.331 e. The van der Waals surface area contributed by atoms with Gasteiger partial charge in [-0.2, -0.15) is 0 Å². The predicted octanol–water partition coefficient (Wildman–Crippen LogP) is 5.06. The first kappa shape index (κ1) is 18.6. The zero-order valence-electron chi connectivity index (χ0n) is 16.4. The van der Waals surface area contributed by atoms with Crippen molar-refractivity contribution in [1.82, 2.24) is 9.88 Å². The summed E-state index contributed by atoms with van der Waals surface area (Å²) in [7, 11) is 0. The Bertz CT molecular complexity index is 727. The van der Waals surface area contributed by atoms with Gasteiger partial charge in [0, 0.05) is 18.7 Å². The molecule has 0 aliphatic heterocycles. The number of nitrogens with zero attached hydrogens (tertiary/aromatic N) is 2. The van der Waals surface area contributed by atoms with E-state index in [0.717, 1.165) is 25.0 Å². The van der Waals surface area contributed by atoms with Crippen molar-refractivity contribution < 1.29 is 4.79 Å². The molecular weight excluding hydrogens is 320 g/mol. The Morgan fingerprint density at radius 3 is 2.38 bits per heavy atom. The number of carbonyl (C=O) groups excluding carboxylic acids is 1. The van der Waals surface area contributed by atoms with Crippen LogP contribution < -0.4 is 0 Å². The molecule has 1 aromatic heterocycles. The summed E-state index contributed by atoms with van der Waals surface area (Å²) in [5.41, 5.74) is 3.70. The van der Waals surface area contributed by atoms with Gasteiger partial charge in [-0.05, 0) is 54.9 Å². The molecule has 0 saturated heterocycles. The van der Waals surface area contributed by atoms with Gasteiger partial charge < -0.3 is 4.90 Å². The molecule has 1 aliphatic carbocycles. The fourth-order valence-electron chi connectivity index (χ4n) is 3.41. The normalized spacial score (nSPS) is 15.5. The quantitative estimate of drug-likeness (QED) is 0.729. The van der Waals surface area contributed by atoms with Gasteiger partial charge >= 0.3 is 0 Å². The van der Waals surface area contributed by atoms with Crippen molar-refractivity contribution in [2.75, 3.05) is 0 Å². The zero-order valence-corrected chi connectivity index (χ0v) is 16.4. The lowest BCUT2D eigenvalue weighted by Crippen LogP contribution is -2.36. The molecule has 3 rings (SSSR count). The molecule has 3 nitrogen and oxygen atoms in total. The molecule has 1 aromatic carbocycles. The molecule has 0 radical (unpaired) electrons.